The highest BCUT2D eigenvalue weighted by molar-refractivity contribution is 7.99. The number of benzene rings is 1. The minimum absolute atomic E-state index is 0.777. The van der Waals surface area contributed by atoms with Gasteiger partial charge in [-0.1, -0.05) is 18.2 Å². The molecule has 4 rings (SSSR count). The van der Waals surface area contributed by atoms with E-state index in [1.165, 1.54) is 56.0 Å². The van der Waals surface area contributed by atoms with E-state index in [4.69, 9.17) is 0 Å². The average molecular weight is 273 g/mol. The second kappa shape index (κ2) is 5.14. The van der Waals surface area contributed by atoms with Crippen molar-refractivity contribution in [1.82, 2.24) is 4.90 Å². The zero-order valence-corrected chi connectivity index (χ0v) is 12.4. The molecule has 3 aliphatic rings. The van der Waals surface area contributed by atoms with Gasteiger partial charge in [0.05, 0.1) is 0 Å². The van der Waals surface area contributed by atoms with E-state index in [-0.39, 0.29) is 0 Å². The van der Waals surface area contributed by atoms with Gasteiger partial charge in [-0.25, -0.2) is 0 Å². The molecule has 0 radical (unpaired) electrons. The Morgan fingerprint density at radius 1 is 0.947 bits per heavy atom. The normalized spacial score (nSPS) is 25.8. The van der Waals surface area contributed by atoms with E-state index >= 15 is 0 Å². The summed E-state index contributed by atoms with van der Waals surface area (Å²) in [5, 5.41) is 0. The SMILES string of the molecule is c1ccc2c(c1)SCC2CN(CC1CC1)CC1CC1. The maximum Gasteiger partial charge on any atom is 0.0108 e. The largest absolute Gasteiger partial charge is 0.302 e. The van der Waals surface area contributed by atoms with Crippen LogP contribution in [0.25, 0.3) is 0 Å². The molecule has 102 valence electrons. The Balaban J connectivity index is 1.43. The molecule has 0 amide bonds. The Morgan fingerprint density at radius 2 is 1.63 bits per heavy atom. The van der Waals surface area contributed by atoms with E-state index in [1.54, 1.807) is 5.56 Å². The Morgan fingerprint density at radius 3 is 2.32 bits per heavy atom. The van der Waals surface area contributed by atoms with E-state index in [9.17, 15) is 0 Å². The smallest absolute Gasteiger partial charge is 0.0108 e. The van der Waals surface area contributed by atoms with Gasteiger partial charge < -0.3 is 4.90 Å². The summed E-state index contributed by atoms with van der Waals surface area (Å²) in [4.78, 5) is 4.33. The molecule has 1 aromatic carbocycles. The van der Waals surface area contributed by atoms with Gasteiger partial charge in [-0.15, -0.1) is 11.8 Å². The molecule has 2 aliphatic carbocycles. The van der Waals surface area contributed by atoms with E-state index in [0.717, 1.165) is 17.8 Å². The summed E-state index contributed by atoms with van der Waals surface area (Å²) in [5.74, 6) is 4.13. The summed E-state index contributed by atoms with van der Waals surface area (Å²) in [6.45, 7) is 4.05. The molecule has 19 heavy (non-hydrogen) atoms. The number of hydrogen-bond acceptors (Lipinski definition) is 2. The molecule has 1 heterocycles. The fraction of sp³-hybridized carbons (Fsp3) is 0.647. The van der Waals surface area contributed by atoms with Gasteiger partial charge in [0.1, 0.15) is 0 Å². The van der Waals surface area contributed by atoms with E-state index < -0.39 is 0 Å². The van der Waals surface area contributed by atoms with Crippen LogP contribution in [-0.4, -0.2) is 30.3 Å². The third-order valence-electron chi connectivity index (χ3n) is 4.70. The second-order valence-electron chi connectivity index (χ2n) is 6.65. The summed E-state index contributed by atoms with van der Waals surface area (Å²) < 4.78 is 0. The third kappa shape index (κ3) is 3.00. The highest BCUT2D eigenvalue weighted by Crippen LogP contribution is 2.41. The molecular weight excluding hydrogens is 250 g/mol. The van der Waals surface area contributed by atoms with Crippen LogP contribution in [0.5, 0.6) is 0 Å². The Hall–Kier alpha value is -0.470. The summed E-state index contributed by atoms with van der Waals surface area (Å²) >= 11 is 2.06. The topological polar surface area (TPSA) is 3.24 Å². The van der Waals surface area contributed by atoms with Gasteiger partial charge in [-0.05, 0) is 49.1 Å². The van der Waals surface area contributed by atoms with Crippen molar-refractivity contribution in [1.29, 1.82) is 0 Å². The molecule has 1 aliphatic heterocycles. The lowest BCUT2D eigenvalue weighted by atomic mass is 10.0. The van der Waals surface area contributed by atoms with Crippen LogP contribution in [0.4, 0.5) is 0 Å². The predicted molar refractivity (Wildman–Crippen MR) is 81.8 cm³/mol. The molecule has 1 atom stereocenters. The van der Waals surface area contributed by atoms with Gasteiger partial charge in [0.15, 0.2) is 0 Å². The first-order valence-electron chi connectivity index (χ1n) is 7.82. The van der Waals surface area contributed by atoms with Crippen molar-refractivity contribution in [3.05, 3.63) is 29.8 Å². The first kappa shape index (κ1) is 12.3. The zero-order valence-electron chi connectivity index (χ0n) is 11.6. The number of nitrogens with zero attached hydrogens (tertiary/aromatic N) is 1. The lowest BCUT2D eigenvalue weighted by molar-refractivity contribution is 0.242. The molecule has 1 nitrogen and oxygen atoms in total. The number of fused-ring (bicyclic) bond motifs is 1. The fourth-order valence-corrected chi connectivity index (χ4v) is 4.49. The molecule has 2 heteroatoms. The Bertz CT molecular complexity index is 436. The second-order valence-corrected chi connectivity index (χ2v) is 7.71. The molecule has 2 fully saturated rings. The quantitative estimate of drug-likeness (QED) is 0.771. The summed E-state index contributed by atoms with van der Waals surface area (Å²) in [6.07, 6.45) is 5.93. The summed E-state index contributed by atoms with van der Waals surface area (Å²) in [5.41, 5.74) is 1.61. The highest BCUT2D eigenvalue weighted by atomic mass is 32.2. The highest BCUT2D eigenvalue weighted by Gasteiger charge is 2.32. The van der Waals surface area contributed by atoms with Gasteiger partial charge in [-0.2, -0.15) is 0 Å². The summed E-state index contributed by atoms with van der Waals surface area (Å²) in [6, 6.07) is 9.04. The standard InChI is InChI=1S/C17H23NS/c1-2-4-17-16(3-1)15(12-19-17)11-18(9-13-5-6-13)10-14-7-8-14/h1-4,13-15H,5-12H2. The van der Waals surface area contributed by atoms with E-state index in [2.05, 4.69) is 40.9 Å². The van der Waals surface area contributed by atoms with Crippen molar-refractivity contribution >= 4 is 11.8 Å². The predicted octanol–water partition coefficient (Wildman–Crippen LogP) is 4.00. The van der Waals surface area contributed by atoms with Crippen LogP contribution in [0.2, 0.25) is 0 Å². The van der Waals surface area contributed by atoms with Crippen molar-refractivity contribution in [3.63, 3.8) is 0 Å². The third-order valence-corrected chi connectivity index (χ3v) is 5.96. The minimum atomic E-state index is 0.777. The van der Waals surface area contributed by atoms with Crippen LogP contribution < -0.4 is 0 Å². The van der Waals surface area contributed by atoms with Gasteiger partial charge in [-0.3, -0.25) is 0 Å². The van der Waals surface area contributed by atoms with Crippen LogP contribution in [0, 0.1) is 11.8 Å². The first-order chi connectivity index (χ1) is 9.38. The lowest BCUT2D eigenvalue weighted by Gasteiger charge is -2.25. The molecule has 0 saturated heterocycles. The van der Waals surface area contributed by atoms with Crippen molar-refractivity contribution in [2.45, 2.75) is 36.5 Å². The Kier molecular flexibility index (Phi) is 3.32. The van der Waals surface area contributed by atoms with Crippen molar-refractivity contribution in [3.8, 4) is 0 Å². The van der Waals surface area contributed by atoms with Crippen LogP contribution >= 0.6 is 11.8 Å². The molecule has 0 spiro atoms. The lowest BCUT2D eigenvalue weighted by Crippen LogP contribution is -2.32. The molecule has 1 unspecified atom stereocenters. The van der Waals surface area contributed by atoms with Crippen molar-refractivity contribution in [2.75, 3.05) is 25.4 Å². The molecule has 1 aromatic rings. The molecule has 2 saturated carbocycles. The summed E-state index contributed by atoms with van der Waals surface area (Å²) in [7, 11) is 0. The fourth-order valence-electron chi connectivity index (χ4n) is 3.25. The zero-order chi connectivity index (χ0) is 12.7. The first-order valence-corrected chi connectivity index (χ1v) is 8.81. The van der Waals surface area contributed by atoms with Gasteiger partial charge in [0.25, 0.3) is 0 Å². The van der Waals surface area contributed by atoms with E-state index in [0.29, 0.717) is 0 Å². The average Bonchev–Trinajstić information content (AvgIpc) is 3.33. The molecular formula is C17H23NS. The van der Waals surface area contributed by atoms with Crippen molar-refractivity contribution < 1.29 is 0 Å². The van der Waals surface area contributed by atoms with Gasteiger partial charge >= 0.3 is 0 Å². The number of rotatable bonds is 6. The van der Waals surface area contributed by atoms with Crippen LogP contribution in [0.3, 0.4) is 0 Å². The minimum Gasteiger partial charge on any atom is -0.302 e. The van der Waals surface area contributed by atoms with Crippen molar-refractivity contribution in [2.24, 2.45) is 11.8 Å². The van der Waals surface area contributed by atoms with Crippen LogP contribution in [-0.2, 0) is 0 Å². The monoisotopic (exact) mass is 273 g/mol. The maximum atomic E-state index is 2.79. The van der Waals surface area contributed by atoms with E-state index in [1.807, 2.05) is 0 Å². The Labute approximate surface area is 120 Å². The molecule has 0 bridgehead atoms. The molecule has 0 N–H and O–H groups in total. The van der Waals surface area contributed by atoms with Gasteiger partial charge in [0, 0.05) is 36.2 Å². The van der Waals surface area contributed by atoms with Crippen LogP contribution in [0.1, 0.15) is 37.2 Å². The maximum absolute atomic E-state index is 2.79. The molecule has 0 aromatic heterocycles. The van der Waals surface area contributed by atoms with Gasteiger partial charge in [0.2, 0.25) is 0 Å². The number of thioether (sulfide) groups is 1. The van der Waals surface area contributed by atoms with Crippen LogP contribution in [0.15, 0.2) is 29.2 Å². The number of hydrogen-bond donors (Lipinski definition) is 0.